The fourth-order valence-corrected chi connectivity index (χ4v) is 1.68. The van der Waals surface area contributed by atoms with Crippen LogP contribution in [0.4, 0.5) is 11.4 Å². The molecule has 0 saturated heterocycles. The van der Waals surface area contributed by atoms with Crippen LogP contribution in [-0.2, 0) is 0 Å². The third-order valence-corrected chi connectivity index (χ3v) is 2.44. The van der Waals surface area contributed by atoms with Gasteiger partial charge >= 0.3 is 0 Å². The highest BCUT2D eigenvalue weighted by Gasteiger charge is 2.10. The van der Waals surface area contributed by atoms with Crippen molar-refractivity contribution >= 4 is 11.4 Å². The van der Waals surface area contributed by atoms with Crippen LogP contribution in [0.2, 0.25) is 0 Å². The van der Waals surface area contributed by atoms with E-state index in [1.54, 1.807) is 6.07 Å². The Morgan fingerprint density at radius 1 is 0.842 bits per heavy atom. The summed E-state index contributed by atoms with van der Waals surface area (Å²) in [6.07, 6.45) is 2.72. The molecule has 0 aliphatic carbocycles. The van der Waals surface area contributed by atoms with Gasteiger partial charge in [-0.25, -0.2) is 0 Å². The molecule has 0 heterocycles. The van der Waals surface area contributed by atoms with Gasteiger partial charge in [-0.15, -0.1) is 0 Å². The van der Waals surface area contributed by atoms with Crippen molar-refractivity contribution in [2.75, 3.05) is 5.32 Å². The molecular weight excluding hydrogens is 238 g/mol. The number of para-hydroxylation sites is 2. The van der Waals surface area contributed by atoms with Crippen LogP contribution < -0.4 is 14.8 Å². The zero-order valence-electron chi connectivity index (χ0n) is 10.5. The molecule has 0 amide bonds. The molecule has 0 fully saturated rings. The highest BCUT2D eigenvalue weighted by Crippen LogP contribution is 2.37. The highest BCUT2D eigenvalue weighted by molar-refractivity contribution is 5.70. The summed E-state index contributed by atoms with van der Waals surface area (Å²) in [6.45, 7) is 7.12. The number of nitrogens with one attached hydrogen (secondary N) is 1. The lowest BCUT2D eigenvalue weighted by molar-refractivity contribution is 0.420. The van der Waals surface area contributed by atoms with Crippen LogP contribution in [0.1, 0.15) is 0 Å². The molecule has 0 spiro atoms. The second-order valence-electron chi connectivity index (χ2n) is 3.69. The molecule has 0 unspecified atom stereocenters. The number of rotatable bonds is 6. The lowest BCUT2D eigenvalue weighted by Crippen LogP contribution is -1.96. The second kappa shape index (κ2) is 6.31. The maximum Gasteiger partial charge on any atom is 0.192 e. The summed E-state index contributed by atoms with van der Waals surface area (Å²) in [7, 11) is 0. The smallest absolute Gasteiger partial charge is 0.192 e. The van der Waals surface area contributed by atoms with Crippen molar-refractivity contribution in [1.29, 1.82) is 0 Å². The molecule has 0 aliphatic heterocycles. The number of hydrogen-bond donors (Lipinski definition) is 1. The molecular formula is C16H15NO2. The van der Waals surface area contributed by atoms with Crippen LogP contribution in [0.25, 0.3) is 0 Å². The second-order valence-corrected chi connectivity index (χ2v) is 3.69. The van der Waals surface area contributed by atoms with Crippen molar-refractivity contribution in [3.8, 4) is 11.5 Å². The van der Waals surface area contributed by atoms with E-state index in [1.165, 1.54) is 12.5 Å². The van der Waals surface area contributed by atoms with Gasteiger partial charge < -0.3 is 14.8 Å². The third-order valence-electron chi connectivity index (χ3n) is 2.44. The quantitative estimate of drug-likeness (QED) is 0.770. The van der Waals surface area contributed by atoms with Crippen molar-refractivity contribution in [2.24, 2.45) is 0 Å². The van der Waals surface area contributed by atoms with E-state index in [4.69, 9.17) is 9.47 Å². The highest BCUT2D eigenvalue weighted by atomic mass is 16.5. The molecule has 0 radical (unpaired) electrons. The monoisotopic (exact) mass is 253 g/mol. The molecule has 19 heavy (non-hydrogen) atoms. The van der Waals surface area contributed by atoms with Crippen LogP contribution >= 0.6 is 0 Å². The Kier molecular flexibility index (Phi) is 4.24. The van der Waals surface area contributed by atoms with E-state index in [1.807, 2.05) is 42.5 Å². The predicted molar refractivity (Wildman–Crippen MR) is 77.8 cm³/mol. The van der Waals surface area contributed by atoms with Crippen molar-refractivity contribution in [3.63, 3.8) is 0 Å². The minimum Gasteiger partial charge on any atom is -0.462 e. The van der Waals surface area contributed by atoms with Gasteiger partial charge in [-0.1, -0.05) is 37.4 Å². The first-order valence-electron chi connectivity index (χ1n) is 5.85. The number of hydrogen-bond acceptors (Lipinski definition) is 3. The maximum absolute atomic E-state index is 5.42. The molecule has 0 atom stereocenters. The molecule has 1 N–H and O–H groups in total. The van der Waals surface area contributed by atoms with Crippen LogP contribution in [0, 0.1) is 0 Å². The summed E-state index contributed by atoms with van der Waals surface area (Å²) in [5.41, 5.74) is 1.76. The predicted octanol–water partition coefficient (Wildman–Crippen LogP) is 4.47. The molecule has 3 nitrogen and oxygen atoms in total. The standard InChI is InChI=1S/C16H15NO2/c1-3-18-15-12-8-11-14(16(15)19-4-2)17-13-9-6-5-7-10-13/h3-12,17H,1-2H2. The zero-order valence-corrected chi connectivity index (χ0v) is 10.5. The SMILES string of the molecule is C=COc1cccc(Nc2ccccc2)c1OC=C. The van der Waals surface area contributed by atoms with E-state index >= 15 is 0 Å². The zero-order chi connectivity index (χ0) is 13.5. The van der Waals surface area contributed by atoms with Crippen LogP contribution in [0.15, 0.2) is 74.2 Å². The summed E-state index contributed by atoms with van der Waals surface area (Å²) in [4.78, 5) is 0. The van der Waals surface area contributed by atoms with Gasteiger partial charge in [0.1, 0.15) is 0 Å². The first-order chi connectivity index (χ1) is 9.35. The van der Waals surface area contributed by atoms with Gasteiger partial charge in [0, 0.05) is 5.69 Å². The molecule has 0 saturated carbocycles. The van der Waals surface area contributed by atoms with Crippen molar-refractivity contribution in [3.05, 3.63) is 74.2 Å². The molecule has 0 aliphatic rings. The van der Waals surface area contributed by atoms with E-state index in [0.717, 1.165) is 11.4 Å². The van der Waals surface area contributed by atoms with Crippen LogP contribution in [0.5, 0.6) is 11.5 Å². The third kappa shape index (κ3) is 3.16. The molecule has 2 aromatic carbocycles. The van der Waals surface area contributed by atoms with Crippen LogP contribution in [-0.4, -0.2) is 0 Å². The molecule has 0 bridgehead atoms. The summed E-state index contributed by atoms with van der Waals surface area (Å²) in [6, 6.07) is 15.4. The van der Waals surface area contributed by atoms with E-state index in [9.17, 15) is 0 Å². The van der Waals surface area contributed by atoms with Gasteiger partial charge in [-0.2, -0.15) is 0 Å². The van der Waals surface area contributed by atoms with Gasteiger partial charge in [-0.3, -0.25) is 0 Å². The molecule has 2 aromatic rings. The molecule has 96 valence electrons. The number of benzene rings is 2. The number of ether oxygens (including phenoxy) is 2. The lowest BCUT2D eigenvalue weighted by atomic mass is 10.2. The fourth-order valence-electron chi connectivity index (χ4n) is 1.68. The summed E-state index contributed by atoms with van der Waals surface area (Å²) in [5, 5.41) is 3.27. The van der Waals surface area contributed by atoms with E-state index in [0.29, 0.717) is 11.5 Å². The minimum atomic E-state index is 0.571. The first-order valence-corrected chi connectivity index (χ1v) is 5.85. The van der Waals surface area contributed by atoms with Gasteiger partial charge in [0.2, 0.25) is 0 Å². The van der Waals surface area contributed by atoms with Crippen molar-refractivity contribution in [2.45, 2.75) is 0 Å². The van der Waals surface area contributed by atoms with E-state index < -0.39 is 0 Å². The average Bonchev–Trinajstić information content (AvgIpc) is 2.44. The van der Waals surface area contributed by atoms with Gasteiger partial charge in [0.15, 0.2) is 11.5 Å². The molecule has 2 rings (SSSR count). The van der Waals surface area contributed by atoms with Gasteiger partial charge in [-0.05, 0) is 24.3 Å². The summed E-state index contributed by atoms with van der Waals surface area (Å²) < 4.78 is 10.7. The topological polar surface area (TPSA) is 30.5 Å². The fraction of sp³-hybridized carbons (Fsp3) is 0. The average molecular weight is 253 g/mol. The molecule has 3 heteroatoms. The Labute approximate surface area is 112 Å². The Morgan fingerprint density at radius 2 is 1.58 bits per heavy atom. The van der Waals surface area contributed by atoms with Gasteiger partial charge in [0.25, 0.3) is 0 Å². The van der Waals surface area contributed by atoms with E-state index in [-0.39, 0.29) is 0 Å². The normalized spacial score (nSPS) is 9.47. The van der Waals surface area contributed by atoms with E-state index in [2.05, 4.69) is 18.5 Å². The first kappa shape index (κ1) is 12.8. The largest absolute Gasteiger partial charge is 0.462 e. The summed E-state index contributed by atoms with van der Waals surface area (Å²) in [5.74, 6) is 1.15. The van der Waals surface area contributed by atoms with Gasteiger partial charge in [0.05, 0.1) is 18.2 Å². The summed E-state index contributed by atoms with van der Waals surface area (Å²) >= 11 is 0. The Morgan fingerprint density at radius 3 is 2.26 bits per heavy atom. The van der Waals surface area contributed by atoms with Crippen molar-refractivity contribution in [1.82, 2.24) is 0 Å². The Balaban J connectivity index is 2.35. The maximum atomic E-state index is 5.42. The molecule has 0 aromatic heterocycles. The minimum absolute atomic E-state index is 0.571. The Hall–Kier alpha value is -2.68. The Bertz CT molecular complexity index is 564. The van der Waals surface area contributed by atoms with Crippen LogP contribution in [0.3, 0.4) is 0 Å². The number of anilines is 2. The lowest BCUT2D eigenvalue weighted by Gasteiger charge is -2.14. The van der Waals surface area contributed by atoms with Crippen molar-refractivity contribution < 1.29 is 9.47 Å².